The van der Waals surface area contributed by atoms with Crippen LogP contribution in [0.3, 0.4) is 0 Å². The predicted octanol–water partition coefficient (Wildman–Crippen LogP) is 2.14. The predicted molar refractivity (Wildman–Crippen MR) is 72.7 cm³/mol. The minimum atomic E-state index is -1.22. The number of carboxylic acids is 1. The number of carbonyl (C=O) groups excluding carboxylic acids is 2. The molecule has 0 radical (unpaired) electrons. The number of aliphatic carboxylic acids is 1. The lowest BCUT2D eigenvalue weighted by atomic mass is 10.0. The maximum absolute atomic E-state index is 11.6. The summed E-state index contributed by atoms with van der Waals surface area (Å²) < 4.78 is 0. The Morgan fingerprint density at radius 2 is 1.80 bits per heavy atom. The monoisotopic (exact) mass is 315 g/mol. The van der Waals surface area contributed by atoms with Crippen LogP contribution in [0, 0.1) is 0 Å². The number of hydrogen-bond donors (Lipinski definition) is 1. The third kappa shape index (κ3) is 2.94. The summed E-state index contributed by atoms with van der Waals surface area (Å²) in [6, 6.07) is 3.49. The first kappa shape index (κ1) is 14.8. The van der Waals surface area contributed by atoms with Crippen molar-refractivity contribution in [1.82, 2.24) is 4.90 Å². The van der Waals surface area contributed by atoms with E-state index < -0.39 is 23.8 Å². The fourth-order valence-corrected chi connectivity index (χ4v) is 2.44. The van der Waals surface area contributed by atoms with Gasteiger partial charge >= 0.3 is 5.97 Å². The van der Waals surface area contributed by atoms with Gasteiger partial charge in [-0.15, -0.1) is 0 Å². The number of amides is 2. The topological polar surface area (TPSA) is 74.7 Å². The van der Waals surface area contributed by atoms with Gasteiger partial charge in [0.2, 0.25) is 11.8 Å². The molecule has 1 aliphatic heterocycles. The Bertz CT molecular complexity index is 572. The minimum Gasteiger partial charge on any atom is -0.480 e. The van der Waals surface area contributed by atoms with E-state index in [0.717, 1.165) is 4.90 Å². The number of benzene rings is 1. The minimum absolute atomic E-state index is 0.00367. The number of hydrogen-bond acceptors (Lipinski definition) is 3. The van der Waals surface area contributed by atoms with Gasteiger partial charge in [0.1, 0.15) is 6.04 Å². The van der Waals surface area contributed by atoms with Crippen molar-refractivity contribution in [2.45, 2.75) is 25.3 Å². The maximum Gasteiger partial charge on any atom is 0.327 e. The highest BCUT2D eigenvalue weighted by Crippen LogP contribution is 2.25. The van der Waals surface area contributed by atoms with Gasteiger partial charge in [-0.1, -0.05) is 29.3 Å². The second kappa shape index (κ2) is 5.81. The van der Waals surface area contributed by atoms with Crippen LogP contribution in [0.1, 0.15) is 18.4 Å². The van der Waals surface area contributed by atoms with E-state index in [0.29, 0.717) is 15.6 Å². The third-order valence-corrected chi connectivity index (χ3v) is 3.84. The van der Waals surface area contributed by atoms with Crippen LogP contribution in [0.4, 0.5) is 0 Å². The quantitative estimate of drug-likeness (QED) is 0.864. The van der Waals surface area contributed by atoms with Crippen LogP contribution in [-0.2, 0) is 20.8 Å². The summed E-state index contributed by atoms with van der Waals surface area (Å²) in [6.07, 6.45) is 0.123. The van der Waals surface area contributed by atoms with Crippen LogP contribution in [0.25, 0.3) is 0 Å². The molecule has 5 nitrogen and oxygen atoms in total. The van der Waals surface area contributed by atoms with Crippen LogP contribution in [0.5, 0.6) is 0 Å². The summed E-state index contributed by atoms with van der Waals surface area (Å²) in [5.41, 5.74) is 0.597. The number of rotatable bonds is 4. The summed E-state index contributed by atoms with van der Waals surface area (Å²) in [5, 5.41) is 9.90. The van der Waals surface area contributed by atoms with E-state index in [-0.39, 0.29) is 19.3 Å². The fraction of sp³-hybridized carbons (Fsp3) is 0.308. The number of halogens is 2. The Kier molecular flexibility index (Phi) is 4.30. The summed E-state index contributed by atoms with van der Waals surface area (Å²) in [7, 11) is 0. The van der Waals surface area contributed by atoms with Gasteiger partial charge in [-0.3, -0.25) is 14.5 Å². The van der Waals surface area contributed by atoms with Crippen molar-refractivity contribution < 1.29 is 19.5 Å². The van der Waals surface area contributed by atoms with Crippen molar-refractivity contribution in [3.8, 4) is 0 Å². The molecule has 106 valence electrons. The molecular weight excluding hydrogens is 305 g/mol. The molecule has 1 aliphatic rings. The van der Waals surface area contributed by atoms with Crippen LogP contribution >= 0.6 is 23.2 Å². The molecule has 0 saturated carbocycles. The fourth-order valence-electron chi connectivity index (χ4n) is 2.12. The second-order valence-corrected chi connectivity index (χ2v) is 5.28. The van der Waals surface area contributed by atoms with Crippen molar-refractivity contribution in [2.75, 3.05) is 0 Å². The van der Waals surface area contributed by atoms with Gasteiger partial charge in [-0.05, 0) is 17.7 Å². The first-order valence-electron chi connectivity index (χ1n) is 5.91. The summed E-state index contributed by atoms with van der Waals surface area (Å²) in [5.74, 6) is -2.13. The molecule has 2 amide bonds. The zero-order valence-electron chi connectivity index (χ0n) is 10.3. The first-order valence-corrected chi connectivity index (χ1v) is 6.67. The third-order valence-electron chi connectivity index (χ3n) is 3.10. The lowest BCUT2D eigenvalue weighted by molar-refractivity contribution is -0.154. The number of imide groups is 1. The van der Waals surface area contributed by atoms with Crippen LogP contribution < -0.4 is 0 Å². The number of carbonyl (C=O) groups is 3. The van der Waals surface area contributed by atoms with Gasteiger partial charge in [-0.25, -0.2) is 4.79 Å². The molecule has 1 fully saturated rings. The molecule has 1 atom stereocenters. The molecule has 1 saturated heterocycles. The van der Waals surface area contributed by atoms with E-state index in [4.69, 9.17) is 23.2 Å². The van der Waals surface area contributed by atoms with Gasteiger partial charge in [0, 0.05) is 19.3 Å². The van der Waals surface area contributed by atoms with Crippen molar-refractivity contribution in [2.24, 2.45) is 0 Å². The van der Waals surface area contributed by atoms with E-state index in [2.05, 4.69) is 0 Å². The van der Waals surface area contributed by atoms with Gasteiger partial charge in [-0.2, -0.15) is 0 Å². The molecule has 0 spiro atoms. The Morgan fingerprint density at radius 1 is 1.20 bits per heavy atom. The molecule has 0 aliphatic carbocycles. The lowest BCUT2D eigenvalue weighted by Crippen LogP contribution is -2.45. The van der Waals surface area contributed by atoms with E-state index in [1.54, 1.807) is 12.1 Å². The molecule has 1 aromatic carbocycles. The maximum atomic E-state index is 11.6. The van der Waals surface area contributed by atoms with Crippen molar-refractivity contribution in [3.63, 3.8) is 0 Å². The van der Waals surface area contributed by atoms with Crippen molar-refractivity contribution in [3.05, 3.63) is 33.8 Å². The standard InChI is InChI=1S/C13H11Cl2NO4/c14-8-2-1-7(5-9(8)15)6-10(13(19)20)16-11(17)3-4-12(16)18/h1-2,5,10H,3-4,6H2,(H,19,20)/t10-/m0/s1. The van der Waals surface area contributed by atoms with E-state index in [1.807, 2.05) is 0 Å². The Hall–Kier alpha value is -1.59. The Morgan fingerprint density at radius 3 is 2.30 bits per heavy atom. The molecule has 1 N–H and O–H groups in total. The first-order chi connectivity index (χ1) is 9.40. The highest BCUT2D eigenvalue weighted by Gasteiger charge is 2.38. The zero-order chi connectivity index (χ0) is 14.9. The van der Waals surface area contributed by atoms with E-state index in [1.165, 1.54) is 6.07 Å². The molecule has 1 heterocycles. The average Bonchev–Trinajstić information content (AvgIpc) is 2.70. The van der Waals surface area contributed by atoms with Crippen LogP contribution in [-0.4, -0.2) is 33.8 Å². The van der Waals surface area contributed by atoms with Gasteiger partial charge < -0.3 is 5.11 Å². The van der Waals surface area contributed by atoms with Crippen molar-refractivity contribution in [1.29, 1.82) is 0 Å². The Balaban J connectivity index is 2.26. The largest absolute Gasteiger partial charge is 0.480 e. The lowest BCUT2D eigenvalue weighted by Gasteiger charge is -2.22. The van der Waals surface area contributed by atoms with Gasteiger partial charge in [0.15, 0.2) is 0 Å². The zero-order valence-corrected chi connectivity index (χ0v) is 11.8. The number of likely N-dealkylation sites (tertiary alicyclic amines) is 1. The van der Waals surface area contributed by atoms with Crippen LogP contribution in [0.2, 0.25) is 10.0 Å². The molecule has 20 heavy (non-hydrogen) atoms. The van der Waals surface area contributed by atoms with Gasteiger partial charge in [0.25, 0.3) is 0 Å². The van der Waals surface area contributed by atoms with E-state index >= 15 is 0 Å². The number of nitrogens with zero attached hydrogens (tertiary/aromatic N) is 1. The normalized spacial score (nSPS) is 16.6. The molecule has 0 aromatic heterocycles. The smallest absolute Gasteiger partial charge is 0.327 e. The van der Waals surface area contributed by atoms with E-state index in [9.17, 15) is 19.5 Å². The second-order valence-electron chi connectivity index (χ2n) is 4.46. The van der Waals surface area contributed by atoms with Gasteiger partial charge in [0.05, 0.1) is 10.0 Å². The Labute approximate surface area is 125 Å². The average molecular weight is 316 g/mol. The molecular formula is C13H11Cl2NO4. The molecule has 7 heteroatoms. The molecule has 2 rings (SSSR count). The van der Waals surface area contributed by atoms with Crippen molar-refractivity contribution >= 4 is 41.0 Å². The summed E-state index contributed by atoms with van der Waals surface area (Å²) in [6.45, 7) is 0. The molecule has 0 bridgehead atoms. The molecule has 0 unspecified atom stereocenters. The SMILES string of the molecule is O=C(O)[C@H](Cc1ccc(Cl)c(Cl)c1)N1C(=O)CCC1=O. The summed E-state index contributed by atoms with van der Waals surface area (Å²) in [4.78, 5) is 35.4. The van der Waals surface area contributed by atoms with Crippen LogP contribution in [0.15, 0.2) is 18.2 Å². The highest BCUT2D eigenvalue weighted by molar-refractivity contribution is 6.42. The number of carboxylic acid groups (broad SMARTS) is 1. The highest BCUT2D eigenvalue weighted by atomic mass is 35.5. The molecule has 1 aromatic rings. The summed E-state index contributed by atoms with van der Waals surface area (Å²) >= 11 is 11.7.